The zero-order valence-corrected chi connectivity index (χ0v) is 19.2. The second-order valence-corrected chi connectivity index (χ2v) is 8.82. The molecular weight excluding hydrogens is 448 g/mol. The van der Waals surface area contributed by atoms with Crippen LogP contribution >= 0.6 is 33.2 Å². The molecule has 2 aromatic heterocycles. The van der Waals surface area contributed by atoms with E-state index in [-0.39, 0.29) is 17.5 Å². The van der Waals surface area contributed by atoms with Crippen molar-refractivity contribution in [3.8, 4) is 0 Å². The van der Waals surface area contributed by atoms with E-state index in [4.69, 9.17) is 9.92 Å². The smallest absolute Gasteiger partial charge is 0.231 e. The number of hydrogen-bond acceptors (Lipinski definition) is 8. The number of nitrogens with zero attached hydrogens (tertiary/aromatic N) is 3. The van der Waals surface area contributed by atoms with E-state index in [0.717, 1.165) is 33.9 Å². The molecule has 3 rings (SSSR count). The van der Waals surface area contributed by atoms with Gasteiger partial charge in [0, 0.05) is 35.9 Å². The molecule has 154 valence electrons. The number of aryl methyl sites for hydroxylation is 1. The summed E-state index contributed by atoms with van der Waals surface area (Å²) in [6, 6.07) is 9.20. The first kappa shape index (κ1) is 23.6. The molecule has 0 saturated heterocycles. The molecule has 1 aromatic carbocycles. The summed E-state index contributed by atoms with van der Waals surface area (Å²) >= 11 is 2.81. The second kappa shape index (κ2) is 11.5. The number of halogens is 1. The van der Waals surface area contributed by atoms with Gasteiger partial charge < -0.3 is 22.3 Å². The van der Waals surface area contributed by atoms with Gasteiger partial charge in [-0.15, -0.1) is 0 Å². The monoisotopic (exact) mass is 468 g/mol. The summed E-state index contributed by atoms with van der Waals surface area (Å²) in [7, 11) is 1.10. The third kappa shape index (κ3) is 6.68. The van der Waals surface area contributed by atoms with Gasteiger partial charge in [-0.25, -0.2) is 9.97 Å². The van der Waals surface area contributed by atoms with Crippen molar-refractivity contribution in [1.29, 1.82) is 0 Å². The summed E-state index contributed by atoms with van der Waals surface area (Å²) in [4.78, 5) is 21.7. The van der Waals surface area contributed by atoms with Gasteiger partial charge in [-0.05, 0) is 6.92 Å². The van der Waals surface area contributed by atoms with Crippen LogP contribution in [0.15, 0.2) is 42.0 Å². The molecule has 3 aromatic rings. The van der Waals surface area contributed by atoms with E-state index in [1.165, 1.54) is 10.6 Å². The second-order valence-electron chi connectivity index (χ2n) is 6.06. The van der Waals surface area contributed by atoms with Crippen molar-refractivity contribution >= 4 is 44.1 Å². The lowest BCUT2D eigenvalue weighted by atomic mass is 10.2. The minimum Gasteiger partial charge on any atom is -1.00 e. The number of thiazole rings is 1. The molecule has 0 bridgehead atoms. The van der Waals surface area contributed by atoms with Crippen molar-refractivity contribution in [3.05, 3.63) is 69.6 Å². The van der Waals surface area contributed by atoms with E-state index < -0.39 is 0 Å². The van der Waals surface area contributed by atoms with E-state index >= 15 is 0 Å². The number of aromatic nitrogens is 3. The predicted octanol–water partition coefficient (Wildman–Crippen LogP) is 0.773. The Morgan fingerprint density at radius 3 is 2.76 bits per heavy atom. The summed E-state index contributed by atoms with van der Waals surface area (Å²) in [5.74, 6) is 1.19. The molecule has 0 spiro atoms. The van der Waals surface area contributed by atoms with Crippen LogP contribution in [0.2, 0.25) is 0 Å². The summed E-state index contributed by atoms with van der Waals surface area (Å²) in [6.45, 7) is 5.09. The third-order valence-corrected chi connectivity index (χ3v) is 6.90. The van der Waals surface area contributed by atoms with E-state index in [9.17, 15) is 4.79 Å². The van der Waals surface area contributed by atoms with Crippen molar-refractivity contribution in [3.63, 3.8) is 0 Å². The Bertz CT molecular complexity index is 954. The number of hydrogen-bond donors (Lipinski definition) is 1. The molecule has 0 aliphatic carbocycles. The van der Waals surface area contributed by atoms with Gasteiger partial charge in [-0.2, -0.15) is 4.57 Å². The standard InChI is InChI=1S/C19H21N4O2S3.ClH/c1-13-17(8-9-25-28-27-19(24)15-6-4-3-5-7-15)26-12-23(13)11-16-10-21-14(2)22-18(16)20;/h3-7,10,12H,8-9,11H2,1-2H3,(H2,20,21,22);1H/q+1;/p-1. The summed E-state index contributed by atoms with van der Waals surface area (Å²) < 4.78 is 7.70. The van der Waals surface area contributed by atoms with Crippen LogP contribution in [0.4, 0.5) is 5.82 Å². The van der Waals surface area contributed by atoms with Crippen molar-refractivity contribution < 1.29 is 26.0 Å². The SMILES string of the molecule is Cc1ncc(C[n+]2csc(CCOSSC(=O)c3ccccc3)c2C)c(N)n1.[Cl-]. The number of carbonyl (C=O) groups excluding carboxylic acids is 1. The molecule has 0 amide bonds. The number of nitrogens with two attached hydrogens (primary N) is 1. The van der Waals surface area contributed by atoms with Gasteiger partial charge in [0.1, 0.15) is 11.6 Å². The molecule has 0 unspecified atom stereocenters. The largest absolute Gasteiger partial charge is 1.00 e. The van der Waals surface area contributed by atoms with E-state index in [2.05, 4.69) is 27.0 Å². The first-order chi connectivity index (χ1) is 13.5. The number of nitrogen functional groups attached to an aromatic ring is 1. The molecule has 0 fully saturated rings. The van der Waals surface area contributed by atoms with Crippen molar-refractivity contribution in [2.24, 2.45) is 0 Å². The van der Waals surface area contributed by atoms with Gasteiger partial charge in [-0.1, -0.05) is 41.7 Å². The van der Waals surface area contributed by atoms with Crippen molar-refractivity contribution in [2.45, 2.75) is 26.8 Å². The molecule has 0 aliphatic rings. The first-order valence-electron chi connectivity index (χ1n) is 8.64. The third-order valence-electron chi connectivity index (χ3n) is 4.10. The fourth-order valence-electron chi connectivity index (χ4n) is 2.51. The van der Waals surface area contributed by atoms with Crippen LogP contribution in [0.1, 0.15) is 32.3 Å². The molecule has 6 nitrogen and oxygen atoms in total. The molecule has 0 radical (unpaired) electrons. The molecule has 2 heterocycles. The molecule has 0 saturated carbocycles. The Balaban J connectivity index is 0.00000300. The topological polar surface area (TPSA) is 82.0 Å². The highest BCUT2D eigenvalue weighted by Crippen LogP contribution is 2.27. The maximum atomic E-state index is 12.0. The lowest BCUT2D eigenvalue weighted by Crippen LogP contribution is -3.00. The van der Waals surface area contributed by atoms with Crippen LogP contribution in [0.3, 0.4) is 0 Å². The average Bonchev–Trinajstić information content (AvgIpc) is 3.04. The first-order valence-corrected chi connectivity index (χ1v) is 11.6. The number of anilines is 1. The zero-order chi connectivity index (χ0) is 19.9. The molecule has 29 heavy (non-hydrogen) atoms. The van der Waals surface area contributed by atoms with Crippen LogP contribution in [-0.2, 0) is 17.1 Å². The fourth-order valence-corrected chi connectivity index (χ4v) is 4.80. The highest BCUT2D eigenvalue weighted by atomic mass is 35.5. The Morgan fingerprint density at radius 2 is 2.03 bits per heavy atom. The normalized spacial score (nSPS) is 10.6. The lowest BCUT2D eigenvalue weighted by Gasteiger charge is -2.02. The lowest BCUT2D eigenvalue weighted by molar-refractivity contribution is -0.689. The van der Waals surface area contributed by atoms with E-state index in [1.54, 1.807) is 29.7 Å². The average molecular weight is 469 g/mol. The summed E-state index contributed by atoms with van der Waals surface area (Å²) in [6.07, 6.45) is 2.57. The van der Waals surface area contributed by atoms with Crippen LogP contribution in [0, 0.1) is 13.8 Å². The van der Waals surface area contributed by atoms with E-state index in [0.29, 0.717) is 30.4 Å². The van der Waals surface area contributed by atoms with E-state index in [1.807, 2.05) is 25.1 Å². The minimum atomic E-state index is -0.00588. The minimum absolute atomic E-state index is 0. The summed E-state index contributed by atoms with van der Waals surface area (Å²) in [5.41, 5.74) is 10.8. The fraction of sp³-hybridized carbons (Fsp3) is 0.263. The molecule has 0 aliphatic heterocycles. The molecule has 0 atom stereocenters. The van der Waals surface area contributed by atoms with Gasteiger partial charge in [0.05, 0.1) is 28.1 Å². The number of rotatable bonds is 8. The molecular formula is C19H21ClN4O2S3. The zero-order valence-electron chi connectivity index (χ0n) is 16.0. The van der Waals surface area contributed by atoms with Gasteiger partial charge in [-0.3, -0.25) is 4.79 Å². The molecule has 2 N–H and O–H groups in total. The van der Waals surface area contributed by atoms with Gasteiger partial charge in [0.15, 0.2) is 12.2 Å². The van der Waals surface area contributed by atoms with Crippen molar-refractivity contribution in [1.82, 2.24) is 9.97 Å². The number of carbonyl (C=O) groups is 1. The summed E-state index contributed by atoms with van der Waals surface area (Å²) in [5, 5.41) is -0.00588. The van der Waals surface area contributed by atoms with Gasteiger partial charge >= 0.3 is 0 Å². The Morgan fingerprint density at radius 1 is 1.28 bits per heavy atom. The van der Waals surface area contributed by atoms with Crippen LogP contribution < -0.4 is 22.7 Å². The molecule has 10 heteroatoms. The van der Waals surface area contributed by atoms with Gasteiger partial charge in [0.25, 0.3) is 0 Å². The number of benzene rings is 1. The Hall–Kier alpha value is -1.65. The highest BCUT2D eigenvalue weighted by Gasteiger charge is 2.17. The van der Waals surface area contributed by atoms with Gasteiger partial charge in [0.2, 0.25) is 10.6 Å². The Labute approximate surface area is 188 Å². The Kier molecular flexibility index (Phi) is 9.38. The maximum absolute atomic E-state index is 12.0. The van der Waals surface area contributed by atoms with Crippen molar-refractivity contribution in [2.75, 3.05) is 12.3 Å². The van der Waals surface area contributed by atoms with Crippen LogP contribution in [-0.4, -0.2) is 21.7 Å². The maximum Gasteiger partial charge on any atom is 0.231 e. The predicted molar refractivity (Wildman–Crippen MR) is 115 cm³/mol. The quantitative estimate of drug-likeness (QED) is 0.226. The highest BCUT2D eigenvalue weighted by molar-refractivity contribution is 8.80. The van der Waals surface area contributed by atoms with Crippen LogP contribution in [0.5, 0.6) is 0 Å². The van der Waals surface area contributed by atoms with Crippen LogP contribution in [0.25, 0.3) is 0 Å².